The van der Waals surface area contributed by atoms with E-state index in [1.807, 2.05) is 6.07 Å². The first-order valence-electron chi connectivity index (χ1n) is 3.44. The molecule has 0 radical (unpaired) electrons. The lowest BCUT2D eigenvalue weighted by Gasteiger charge is -2.08. The molecule has 3 nitrogen and oxygen atoms in total. The van der Waals surface area contributed by atoms with Crippen LogP contribution in [0.25, 0.3) is 0 Å². The van der Waals surface area contributed by atoms with Crippen LogP contribution in [0.4, 0.5) is 5.82 Å². The highest BCUT2D eigenvalue weighted by Crippen LogP contribution is 2.17. The lowest BCUT2D eigenvalue weighted by atomic mass is 10.4. The van der Waals surface area contributed by atoms with Crippen LogP contribution in [0, 0.1) is 0 Å². The topological polar surface area (TPSA) is 37.8 Å². The van der Waals surface area contributed by atoms with Crippen LogP contribution in [0.1, 0.15) is 13.8 Å². The van der Waals surface area contributed by atoms with Gasteiger partial charge in [0.25, 0.3) is 0 Å². The minimum atomic E-state index is 0.378. The first-order chi connectivity index (χ1) is 5.20. The highest BCUT2D eigenvalue weighted by molar-refractivity contribution is 9.10. The molecule has 0 atom stereocenters. The van der Waals surface area contributed by atoms with Crippen molar-refractivity contribution in [1.82, 2.24) is 10.2 Å². The zero-order valence-electron chi connectivity index (χ0n) is 6.50. The quantitative estimate of drug-likeness (QED) is 0.822. The van der Waals surface area contributed by atoms with Gasteiger partial charge in [-0.3, -0.25) is 0 Å². The molecule has 1 heterocycles. The van der Waals surface area contributed by atoms with Crippen LogP contribution >= 0.6 is 15.9 Å². The molecule has 0 aromatic carbocycles. The average molecular weight is 216 g/mol. The second-order valence-electron chi connectivity index (χ2n) is 2.53. The van der Waals surface area contributed by atoms with Crippen molar-refractivity contribution in [1.29, 1.82) is 0 Å². The average Bonchev–Trinajstić information content (AvgIpc) is 1.93. The fourth-order valence-corrected chi connectivity index (χ4v) is 1.000. The van der Waals surface area contributed by atoms with Crippen LogP contribution in [-0.4, -0.2) is 16.2 Å². The maximum atomic E-state index is 3.91. The summed E-state index contributed by atoms with van der Waals surface area (Å²) >= 11 is 3.36. The van der Waals surface area contributed by atoms with Crippen molar-refractivity contribution in [3.63, 3.8) is 0 Å². The molecule has 0 aliphatic heterocycles. The van der Waals surface area contributed by atoms with Crippen LogP contribution in [-0.2, 0) is 0 Å². The molecule has 0 spiro atoms. The molecule has 60 valence electrons. The Kier molecular flexibility index (Phi) is 2.82. The predicted molar refractivity (Wildman–Crippen MR) is 48.5 cm³/mol. The Morgan fingerprint density at radius 1 is 1.55 bits per heavy atom. The van der Waals surface area contributed by atoms with Gasteiger partial charge in [-0.05, 0) is 35.8 Å². The Morgan fingerprint density at radius 3 is 2.82 bits per heavy atom. The number of nitrogens with zero attached hydrogens (tertiary/aromatic N) is 2. The minimum absolute atomic E-state index is 0.378. The summed E-state index contributed by atoms with van der Waals surface area (Å²) in [6.07, 6.45) is 1.65. The number of aromatic nitrogens is 2. The lowest BCUT2D eigenvalue weighted by molar-refractivity contribution is 0.871. The SMILES string of the molecule is CC(C)Nc1nnccc1Br. The van der Waals surface area contributed by atoms with E-state index in [0.29, 0.717) is 6.04 Å². The fourth-order valence-electron chi connectivity index (χ4n) is 0.688. The van der Waals surface area contributed by atoms with Gasteiger partial charge in [0.1, 0.15) is 0 Å². The Balaban J connectivity index is 2.78. The number of nitrogens with one attached hydrogen (secondary N) is 1. The van der Waals surface area contributed by atoms with Gasteiger partial charge in [-0.1, -0.05) is 0 Å². The highest BCUT2D eigenvalue weighted by atomic mass is 79.9. The zero-order chi connectivity index (χ0) is 8.27. The Labute approximate surface area is 74.4 Å². The van der Waals surface area contributed by atoms with Crippen molar-refractivity contribution >= 4 is 21.7 Å². The normalized spacial score (nSPS) is 10.2. The second kappa shape index (κ2) is 3.67. The summed E-state index contributed by atoms with van der Waals surface area (Å²) in [6, 6.07) is 2.24. The van der Waals surface area contributed by atoms with Crippen LogP contribution < -0.4 is 5.32 Å². The molecule has 1 N–H and O–H groups in total. The van der Waals surface area contributed by atoms with Gasteiger partial charge < -0.3 is 5.32 Å². The van der Waals surface area contributed by atoms with Gasteiger partial charge in [0.05, 0.1) is 10.7 Å². The molecule has 1 rings (SSSR count). The van der Waals surface area contributed by atoms with Gasteiger partial charge in [-0.25, -0.2) is 0 Å². The molecular weight excluding hydrogens is 206 g/mol. The van der Waals surface area contributed by atoms with E-state index in [4.69, 9.17) is 0 Å². The van der Waals surface area contributed by atoms with Crippen LogP contribution in [0.3, 0.4) is 0 Å². The van der Waals surface area contributed by atoms with E-state index in [2.05, 4.69) is 45.3 Å². The summed E-state index contributed by atoms with van der Waals surface area (Å²) in [5.41, 5.74) is 0. The molecule has 0 unspecified atom stereocenters. The molecule has 0 saturated heterocycles. The molecule has 0 aliphatic rings. The van der Waals surface area contributed by atoms with Gasteiger partial charge >= 0.3 is 0 Å². The second-order valence-corrected chi connectivity index (χ2v) is 3.38. The predicted octanol–water partition coefficient (Wildman–Crippen LogP) is 2.06. The largest absolute Gasteiger partial charge is 0.365 e. The third kappa shape index (κ3) is 2.46. The first kappa shape index (κ1) is 8.46. The van der Waals surface area contributed by atoms with E-state index in [1.165, 1.54) is 0 Å². The molecule has 0 amide bonds. The van der Waals surface area contributed by atoms with Gasteiger partial charge in [-0.15, -0.1) is 5.10 Å². The van der Waals surface area contributed by atoms with Crippen LogP contribution in [0.15, 0.2) is 16.7 Å². The maximum Gasteiger partial charge on any atom is 0.163 e. The number of rotatable bonds is 2. The molecule has 1 aromatic rings. The first-order valence-corrected chi connectivity index (χ1v) is 4.23. The monoisotopic (exact) mass is 215 g/mol. The maximum absolute atomic E-state index is 3.91. The van der Waals surface area contributed by atoms with Crippen molar-refractivity contribution < 1.29 is 0 Å². The van der Waals surface area contributed by atoms with Gasteiger partial charge in [0.2, 0.25) is 0 Å². The molecule has 0 aliphatic carbocycles. The molecule has 0 fully saturated rings. The third-order valence-corrected chi connectivity index (χ3v) is 1.74. The summed E-state index contributed by atoms with van der Waals surface area (Å²) in [6.45, 7) is 4.11. The molecule has 1 aromatic heterocycles. The van der Waals surface area contributed by atoms with E-state index in [9.17, 15) is 0 Å². The van der Waals surface area contributed by atoms with Crippen molar-refractivity contribution in [3.8, 4) is 0 Å². The number of anilines is 1. The Morgan fingerprint density at radius 2 is 2.27 bits per heavy atom. The van der Waals surface area contributed by atoms with Gasteiger partial charge in [0.15, 0.2) is 5.82 Å². The van der Waals surface area contributed by atoms with Crippen molar-refractivity contribution in [2.45, 2.75) is 19.9 Å². The van der Waals surface area contributed by atoms with Crippen LogP contribution in [0.2, 0.25) is 0 Å². The molecular formula is C7H10BrN3. The Bertz CT molecular complexity index is 237. The lowest BCUT2D eigenvalue weighted by Crippen LogP contribution is -2.11. The number of hydrogen-bond donors (Lipinski definition) is 1. The summed E-state index contributed by atoms with van der Waals surface area (Å²) in [5, 5.41) is 10.8. The van der Waals surface area contributed by atoms with Crippen molar-refractivity contribution in [2.24, 2.45) is 0 Å². The third-order valence-electron chi connectivity index (χ3n) is 1.10. The van der Waals surface area contributed by atoms with Gasteiger partial charge in [0, 0.05) is 6.04 Å². The standard InChI is InChI=1S/C7H10BrN3/c1-5(2)10-7-6(8)3-4-9-11-7/h3-5H,1-2H3,(H,10,11). The molecule has 0 saturated carbocycles. The fraction of sp³-hybridized carbons (Fsp3) is 0.429. The smallest absolute Gasteiger partial charge is 0.163 e. The van der Waals surface area contributed by atoms with E-state index < -0.39 is 0 Å². The molecule has 4 heteroatoms. The van der Waals surface area contributed by atoms with Crippen LogP contribution in [0.5, 0.6) is 0 Å². The Hall–Kier alpha value is -0.640. The number of halogens is 1. The summed E-state index contributed by atoms with van der Waals surface area (Å²) in [7, 11) is 0. The zero-order valence-corrected chi connectivity index (χ0v) is 8.09. The highest BCUT2D eigenvalue weighted by Gasteiger charge is 2.00. The summed E-state index contributed by atoms with van der Waals surface area (Å²) in [4.78, 5) is 0. The molecule has 11 heavy (non-hydrogen) atoms. The van der Waals surface area contributed by atoms with E-state index in [-0.39, 0.29) is 0 Å². The number of hydrogen-bond acceptors (Lipinski definition) is 3. The summed E-state index contributed by atoms with van der Waals surface area (Å²) < 4.78 is 0.946. The van der Waals surface area contributed by atoms with E-state index in [1.54, 1.807) is 6.20 Å². The van der Waals surface area contributed by atoms with E-state index >= 15 is 0 Å². The van der Waals surface area contributed by atoms with Crippen molar-refractivity contribution in [3.05, 3.63) is 16.7 Å². The van der Waals surface area contributed by atoms with Gasteiger partial charge in [-0.2, -0.15) is 5.10 Å². The van der Waals surface area contributed by atoms with E-state index in [0.717, 1.165) is 10.3 Å². The van der Waals surface area contributed by atoms with Crippen molar-refractivity contribution in [2.75, 3.05) is 5.32 Å². The molecule has 0 bridgehead atoms. The summed E-state index contributed by atoms with van der Waals surface area (Å²) in [5.74, 6) is 0.794. The minimum Gasteiger partial charge on any atom is -0.365 e.